The van der Waals surface area contributed by atoms with E-state index < -0.39 is 0 Å². The van der Waals surface area contributed by atoms with E-state index in [2.05, 4.69) is 29.3 Å². The summed E-state index contributed by atoms with van der Waals surface area (Å²) in [4.78, 5) is 6.18. The highest BCUT2D eigenvalue weighted by molar-refractivity contribution is 5.40. The van der Waals surface area contributed by atoms with Crippen LogP contribution in [0.3, 0.4) is 0 Å². The quantitative estimate of drug-likeness (QED) is 0.699. The zero-order valence-corrected chi connectivity index (χ0v) is 9.03. The standard InChI is InChI=1S/C11H19N3/c1-14(2)10-4-3-7-13-11-5-8-12-9-6-11/h5-6,8-9H,3-4,7,10H2,1-2H3,(H,12,13). The van der Waals surface area contributed by atoms with E-state index in [0.29, 0.717) is 0 Å². The minimum Gasteiger partial charge on any atom is -0.385 e. The molecular formula is C11H19N3. The van der Waals surface area contributed by atoms with Gasteiger partial charge in [-0.1, -0.05) is 0 Å². The zero-order chi connectivity index (χ0) is 10.2. The van der Waals surface area contributed by atoms with Crippen LogP contribution < -0.4 is 5.32 Å². The molecule has 1 N–H and O–H groups in total. The first-order valence-electron chi connectivity index (χ1n) is 5.07. The molecule has 1 aromatic rings. The van der Waals surface area contributed by atoms with Gasteiger partial charge in [-0.3, -0.25) is 4.98 Å². The molecular weight excluding hydrogens is 174 g/mol. The van der Waals surface area contributed by atoms with E-state index in [-0.39, 0.29) is 0 Å². The number of nitrogens with zero attached hydrogens (tertiary/aromatic N) is 2. The Morgan fingerprint density at radius 3 is 2.57 bits per heavy atom. The normalized spacial score (nSPS) is 10.5. The Labute approximate surface area is 86.2 Å². The van der Waals surface area contributed by atoms with Gasteiger partial charge in [0.2, 0.25) is 0 Å². The highest BCUT2D eigenvalue weighted by atomic mass is 15.0. The van der Waals surface area contributed by atoms with Crippen LogP contribution in [0.2, 0.25) is 0 Å². The third kappa shape index (κ3) is 4.82. The zero-order valence-electron chi connectivity index (χ0n) is 9.03. The number of unbranched alkanes of at least 4 members (excludes halogenated alkanes) is 1. The van der Waals surface area contributed by atoms with E-state index in [1.54, 1.807) is 0 Å². The smallest absolute Gasteiger partial charge is 0.0371 e. The summed E-state index contributed by atoms with van der Waals surface area (Å²) in [5.74, 6) is 0. The van der Waals surface area contributed by atoms with Gasteiger partial charge >= 0.3 is 0 Å². The fraction of sp³-hybridized carbons (Fsp3) is 0.545. The molecule has 0 aliphatic rings. The maximum Gasteiger partial charge on any atom is 0.0371 e. The van der Waals surface area contributed by atoms with Crippen molar-refractivity contribution in [3.05, 3.63) is 24.5 Å². The maximum absolute atomic E-state index is 3.97. The predicted octanol–water partition coefficient (Wildman–Crippen LogP) is 1.84. The SMILES string of the molecule is CN(C)CCCCNc1ccncc1. The Hall–Kier alpha value is -1.09. The summed E-state index contributed by atoms with van der Waals surface area (Å²) in [6.07, 6.45) is 6.07. The topological polar surface area (TPSA) is 28.2 Å². The minimum atomic E-state index is 1.04. The molecule has 0 atom stereocenters. The van der Waals surface area contributed by atoms with Gasteiger partial charge in [0.1, 0.15) is 0 Å². The molecule has 3 nitrogen and oxygen atoms in total. The first-order valence-corrected chi connectivity index (χ1v) is 5.07. The molecule has 0 aliphatic heterocycles. The second-order valence-corrected chi connectivity index (χ2v) is 3.67. The van der Waals surface area contributed by atoms with Gasteiger partial charge in [-0.25, -0.2) is 0 Å². The van der Waals surface area contributed by atoms with E-state index in [9.17, 15) is 0 Å². The van der Waals surface area contributed by atoms with Crippen LogP contribution in [0.4, 0.5) is 5.69 Å². The maximum atomic E-state index is 3.97. The van der Waals surface area contributed by atoms with E-state index >= 15 is 0 Å². The predicted molar refractivity (Wildman–Crippen MR) is 60.5 cm³/mol. The molecule has 0 saturated carbocycles. The molecule has 0 radical (unpaired) electrons. The van der Waals surface area contributed by atoms with Crippen molar-refractivity contribution in [3.63, 3.8) is 0 Å². The summed E-state index contributed by atoms with van der Waals surface area (Å²) < 4.78 is 0. The van der Waals surface area contributed by atoms with Crippen molar-refractivity contribution in [2.45, 2.75) is 12.8 Å². The van der Waals surface area contributed by atoms with Gasteiger partial charge in [-0.15, -0.1) is 0 Å². The number of anilines is 1. The summed E-state index contributed by atoms with van der Waals surface area (Å²) in [6, 6.07) is 3.98. The van der Waals surface area contributed by atoms with Gasteiger partial charge in [0, 0.05) is 24.6 Å². The summed E-state index contributed by atoms with van der Waals surface area (Å²) in [5, 5.41) is 3.36. The molecule has 0 aliphatic carbocycles. The van der Waals surface area contributed by atoms with Crippen molar-refractivity contribution in [2.24, 2.45) is 0 Å². The average molecular weight is 193 g/mol. The first-order chi connectivity index (χ1) is 6.79. The minimum absolute atomic E-state index is 1.04. The van der Waals surface area contributed by atoms with Crippen LogP contribution >= 0.6 is 0 Å². The monoisotopic (exact) mass is 193 g/mol. The van der Waals surface area contributed by atoms with Gasteiger partial charge < -0.3 is 10.2 Å². The van der Waals surface area contributed by atoms with Crippen LogP contribution in [0.5, 0.6) is 0 Å². The molecule has 1 heterocycles. The summed E-state index contributed by atoms with van der Waals surface area (Å²) in [7, 11) is 4.21. The number of rotatable bonds is 6. The van der Waals surface area contributed by atoms with Crippen molar-refractivity contribution in [1.82, 2.24) is 9.88 Å². The Balaban J connectivity index is 2.05. The summed E-state index contributed by atoms with van der Waals surface area (Å²) >= 11 is 0. The van der Waals surface area contributed by atoms with Gasteiger partial charge in [0.25, 0.3) is 0 Å². The van der Waals surface area contributed by atoms with E-state index in [1.165, 1.54) is 12.8 Å². The van der Waals surface area contributed by atoms with E-state index in [4.69, 9.17) is 0 Å². The number of aromatic nitrogens is 1. The lowest BCUT2D eigenvalue weighted by Crippen LogP contribution is -2.14. The molecule has 1 aromatic heterocycles. The van der Waals surface area contributed by atoms with E-state index in [0.717, 1.165) is 18.8 Å². The van der Waals surface area contributed by atoms with E-state index in [1.807, 2.05) is 24.5 Å². The van der Waals surface area contributed by atoms with Crippen LogP contribution in [-0.2, 0) is 0 Å². The first kappa shape index (κ1) is 11.0. The lowest BCUT2D eigenvalue weighted by Gasteiger charge is -2.09. The molecule has 1 rings (SSSR count). The average Bonchev–Trinajstić information content (AvgIpc) is 2.18. The van der Waals surface area contributed by atoms with Crippen LogP contribution in [0.15, 0.2) is 24.5 Å². The van der Waals surface area contributed by atoms with Gasteiger partial charge in [0.05, 0.1) is 0 Å². The highest BCUT2D eigenvalue weighted by Gasteiger charge is 1.92. The summed E-state index contributed by atoms with van der Waals surface area (Å²) in [5.41, 5.74) is 1.16. The molecule has 14 heavy (non-hydrogen) atoms. The van der Waals surface area contributed by atoms with Gasteiger partial charge in [-0.2, -0.15) is 0 Å². The van der Waals surface area contributed by atoms with Crippen LogP contribution in [0, 0.1) is 0 Å². The number of hydrogen-bond donors (Lipinski definition) is 1. The lowest BCUT2D eigenvalue weighted by molar-refractivity contribution is 0.396. The fourth-order valence-electron chi connectivity index (χ4n) is 1.26. The van der Waals surface area contributed by atoms with Crippen LogP contribution in [0.25, 0.3) is 0 Å². The summed E-state index contributed by atoms with van der Waals surface area (Å²) in [6.45, 7) is 2.20. The second kappa shape index (κ2) is 6.38. The van der Waals surface area contributed by atoms with Crippen molar-refractivity contribution in [3.8, 4) is 0 Å². The van der Waals surface area contributed by atoms with Gasteiger partial charge in [-0.05, 0) is 45.6 Å². The number of hydrogen-bond acceptors (Lipinski definition) is 3. The Kier molecular flexibility index (Phi) is 5.00. The molecule has 0 spiro atoms. The van der Waals surface area contributed by atoms with Crippen LogP contribution in [-0.4, -0.2) is 37.1 Å². The molecule has 78 valence electrons. The molecule has 0 aromatic carbocycles. The Bertz CT molecular complexity index is 234. The number of pyridine rings is 1. The molecule has 3 heteroatoms. The molecule has 0 amide bonds. The lowest BCUT2D eigenvalue weighted by atomic mass is 10.3. The Morgan fingerprint density at radius 1 is 1.21 bits per heavy atom. The van der Waals surface area contributed by atoms with Crippen molar-refractivity contribution >= 4 is 5.69 Å². The third-order valence-electron chi connectivity index (χ3n) is 2.04. The second-order valence-electron chi connectivity index (χ2n) is 3.67. The van der Waals surface area contributed by atoms with Crippen LogP contribution in [0.1, 0.15) is 12.8 Å². The fourth-order valence-corrected chi connectivity index (χ4v) is 1.26. The van der Waals surface area contributed by atoms with Crippen molar-refractivity contribution in [1.29, 1.82) is 0 Å². The number of nitrogens with one attached hydrogen (secondary N) is 1. The molecule has 0 bridgehead atoms. The largest absolute Gasteiger partial charge is 0.385 e. The molecule has 0 unspecified atom stereocenters. The van der Waals surface area contributed by atoms with Gasteiger partial charge in [0.15, 0.2) is 0 Å². The van der Waals surface area contributed by atoms with Crippen molar-refractivity contribution < 1.29 is 0 Å². The molecule has 0 fully saturated rings. The van der Waals surface area contributed by atoms with Crippen molar-refractivity contribution in [2.75, 3.05) is 32.5 Å². The third-order valence-corrected chi connectivity index (χ3v) is 2.04. The highest BCUT2D eigenvalue weighted by Crippen LogP contribution is 2.03. The Morgan fingerprint density at radius 2 is 1.93 bits per heavy atom. The molecule has 0 saturated heterocycles.